The van der Waals surface area contributed by atoms with Gasteiger partial charge in [-0.3, -0.25) is 0 Å². The van der Waals surface area contributed by atoms with Crippen molar-refractivity contribution >= 4 is 0 Å². The average Bonchev–Trinajstić information content (AvgIpc) is 2.77. The third-order valence-corrected chi connectivity index (χ3v) is 7.23. The number of aliphatic hydroxyl groups is 1. The monoisotopic (exact) mass is 463 g/mol. The zero-order valence-electron chi connectivity index (χ0n) is 19.0. The maximum Gasteiger partial charge on any atom is 0.416 e. The molecule has 2 atom stereocenters. The fraction of sp³-hybridized carbons (Fsp3) is 0.538. The van der Waals surface area contributed by atoms with Crippen LogP contribution in [0.2, 0.25) is 0 Å². The predicted octanol–water partition coefficient (Wildman–Crippen LogP) is 5.29. The van der Waals surface area contributed by atoms with Crippen LogP contribution in [0.25, 0.3) is 0 Å². The molecular weight excluding hydrogens is 431 g/mol. The highest BCUT2D eigenvalue weighted by Crippen LogP contribution is 2.49. The number of piperidine rings is 1. The summed E-state index contributed by atoms with van der Waals surface area (Å²) < 4.78 is 49.6. The molecule has 0 amide bonds. The molecule has 0 radical (unpaired) electrons. The van der Waals surface area contributed by atoms with Gasteiger partial charge in [-0.15, -0.1) is 0 Å². The minimum Gasteiger partial charge on any atom is -0.496 e. The summed E-state index contributed by atoms with van der Waals surface area (Å²) in [5, 5.41) is 11.3. The second kappa shape index (κ2) is 9.94. The fourth-order valence-corrected chi connectivity index (χ4v) is 5.22. The van der Waals surface area contributed by atoms with Gasteiger partial charge in [-0.1, -0.05) is 24.6 Å². The maximum absolute atomic E-state index is 12.7. The molecule has 2 aliphatic rings. The molecule has 7 heteroatoms. The number of methoxy groups -OCH3 is 1. The lowest BCUT2D eigenvalue weighted by molar-refractivity contribution is -0.137. The number of β-amino-alcohol motifs (C(OH)–C–C–N with tert-alkyl or cyclic N) is 1. The van der Waals surface area contributed by atoms with Crippen LogP contribution in [-0.4, -0.2) is 49.5 Å². The lowest BCUT2D eigenvalue weighted by atomic mass is 9.60. The zero-order chi connectivity index (χ0) is 23.5. The molecule has 4 rings (SSSR count). The van der Waals surface area contributed by atoms with E-state index >= 15 is 0 Å². The Kier molecular flexibility index (Phi) is 7.19. The Morgan fingerprint density at radius 3 is 2.45 bits per heavy atom. The first kappa shape index (κ1) is 23.9. The predicted molar refractivity (Wildman–Crippen MR) is 121 cm³/mol. The van der Waals surface area contributed by atoms with Gasteiger partial charge in [0.25, 0.3) is 0 Å². The van der Waals surface area contributed by atoms with Crippen molar-refractivity contribution in [2.45, 2.75) is 49.8 Å². The number of nitrogens with zero attached hydrogens (tertiary/aromatic N) is 1. The van der Waals surface area contributed by atoms with E-state index in [1.54, 1.807) is 7.11 Å². The average molecular weight is 464 g/mol. The molecule has 0 aromatic heterocycles. The quantitative estimate of drug-likeness (QED) is 0.578. The van der Waals surface area contributed by atoms with E-state index in [9.17, 15) is 18.3 Å². The number of ether oxygens (including phenoxy) is 2. The summed E-state index contributed by atoms with van der Waals surface area (Å²) in [5.41, 5.74) is 0.147. The van der Waals surface area contributed by atoms with Crippen LogP contribution in [0, 0.1) is 5.92 Å². The van der Waals surface area contributed by atoms with Gasteiger partial charge in [-0.2, -0.15) is 13.2 Å². The molecule has 1 saturated heterocycles. The van der Waals surface area contributed by atoms with E-state index in [0.717, 1.165) is 68.6 Å². The molecule has 1 aliphatic heterocycles. The zero-order valence-corrected chi connectivity index (χ0v) is 19.0. The smallest absolute Gasteiger partial charge is 0.416 e. The maximum atomic E-state index is 12.7. The van der Waals surface area contributed by atoms with Gasteiger partial charge in [0.05, 0.1) is 25.4 Å². The molecule has 1 N–H and O–H groups in total. The van der Waals surface area contributed by atoms with E-state index in [-0.39, 0.29) is 11.3 Å². The summed E-state index contributed by atoms with van der Waals surface area (Å²) >= 11 is 0. The number of halogens is 3. The highest BCUT2D eigenvalue weighted by Gasteiger charge is 2.47. The second-order valence-electron chi connectivity index (χ2n) is 9.33. The first-order chi connectivity index (χ1) is 15.8. The van der Waals surface area contributed by atoms with Gasteiger partial charge in [0.1, 0.15) is 11.5 Å². The van der Waals surface area contributed by atoms with Crippen LogP contribution in [0.4, 0.5) is 13.2 Å². The third kappa shape index (κ3) is 5.30. The molecule has 0 unspecified atom stereocenters. The van der Waals surface area contributed by atoms with Crippen molar-refractivity contribution in [3.05, 3.63) is 59.7 Å². The highest BCUT2D eigenvalue weighted by molar-refractivity contribution is 5.42. The molecule has 2 aromatic carbocycles. The number of para-hydroxylation sites is 1. The van der Waals surface area contributed by atoms with Gasteiger partial charge in [0.15, 0.2) is 0 Å². The van der Waals surface area contributed by atoms with Crippen molar-refractivity contribution in [1.82, 2.24) is 4.90 Å². The van der Waals surface area contributed by atoms with Crippen LogP contribution in [0.5, 0.6) is 11.5 Å². The third-order valence-electron chi connectivity index (χ3n) is 7.23. The van der Waals surface area contributed by atoms with Crippen molar-refractivity contribution in [3.63, 3.8) is 0 Å². The molecular formula is C26H32F3NO3. The van der Waals surface area contributed by atoms with E-state index in [4.69, 9.17) is 9.47 Å². The topological polar surface area (TPSA) is 41.9 Å². The Labute approximate surface area is 193 Å². The van der Waals surface area contributed by atoms with Crippen molar-refractivity contribution in [2.24, 2.45) is 5.92 Å². The normalized spacial score (nSPS) is 21.8. The SMILES string of the molecule is COc1ccccc1C1([C@@H](O)CN2CCC[C@H](COc3ccc(C(F)(F)F)cc3)C2)CCC1. The van der Waals surface area contributed by atoms with Crippen LogP contribution in [0.15, 0.2) is 48.5 Å². The van der Waals surface area contributed by atoms with Crippen LogP contribution in [-0.2, 0) is 11.6 Å². The summed E-state index contributed by atoms with van der Waals surface area (Å²) in [4.78, 5) is 2.30. The van der Waals surface area contributed by atoms with E-state index in [2.05, 4.69) is 11.0 Å². The van der Waals surface area contributed by atoms with Gasteiger partial charge >= 0.3 is 6.18 Å². The minimum absolute atomic E-state index is 0.268. The molecule has 1 aliphatic carbocycles. The van der Waals surface area contributed by atoms with Crippen LogP contribution < -0.4 is 9.47 Å². The molecule has 1 heterocycles. The van der Waals surface area contributed by atoms with E-state index < -0.39 is 17.8 Å². The highest BCUT2D eigenvalue weighted by atomic mass is 19.4. The number of hydrogen-bond acceptors (Lipinski definition) is 4. The number of aliphatic hydroxyl groups excluding tert-OH is 1. The van der Waals surface area contributed by atoms with E-state index in [1.807, 2.05) is 18.2 Å². The van der Waals surface area contributed by atoms with Crippen molar-refractivity contribution < 1.29 is 27.8 Å². The molecule has 0 bridgehead atoms. The molecule has 180 valence electrons. The Morgan fingerprint density at radius 2 is 1.82 bits per heavy atom. The molecule has 0 spiro atoms. The molecule has 2 aromatic rings. The van der Waals surface area contributed by atoms with Crippen LogP contribution in [0.3, 0.4) is 0 Å². The van der Waals surface area contributed by atoms with Crippen LogP contribution >= 0.6 is 0 Å². The summed E-state index contributed by atoms with van der Waals surface area (Å²) in [7, 11) is 1.67. The molecule has 2 fully saturated rings. The molecule has 33 heavy (non-hydrogen) atoms. The van der Waals surface area contributed by atoms with Gasteiger partial charge in [0, 0.05) is 30.0 Å². The minimum atomic E-state index is -4.34. The van der Waals surface area contributed by atoms with E-state index in [0.29, 0.717) is 18.9 Å². The lowest BCUT2D eigenvalue weighted by Crippen LogP contribution is -2.52. The summed E-state index contributed by atoms with van der Waals surface area (Å²) in [6.45, 7) is 2.78. The van der Waals surface area contributed by atoms with Gasteiger partial charge in [-0.05, 0) is 62.6 Å². The van der Waals surface area contributed by atoms with Crippen LogP contribution in [0.1, 0.15) is 43.2 Å². The Bertz CT molecular complexity index is 912. The Morgan fingerprint density at radius 1 is 1.09 bits per heavy atom. The van der Waals surface area contributed by atoms with Crippen molar-refractivity contribution in [2.75, 3.05) is 33.4 Å². The first-order valence-corrected chi connectivity index (χ1v) is 11.7. The largest absolute Gasteiger partial charge is 0.496 e. The number of benzene rings is 2. The van der Waals surface area contributed by atoms with Crippen molar-refractivity contribution in [3.8, 4) is 11.5 Å². The summed E-state index contributed by atoms with van der Waals surface area (Å²) in [5.74, 6) is 1.55. The number of likely N-dealkylation sites (tertiary alicyclic amines) is 1. The second-order valence-corrected chi connectivity index (χ2v) is 9.33. The Hall–Kier alpha value is -2.25. The van der Waals surface area contributed by atoms with Crippen molar-refractivity contribution in [1.29, 1.82) is 0 Å². The lowest BCUT2D eigenvalue weighted by Gasteiger charge is -2.48. The standard InChI is InChI=1S/C26H32F3NO3/c1-32-23-8-3-2-7-22(23)25(13-5-14-25)24(31)17-30-15-4-6-19(16-30)18-33-21-11-9-20(10-12-21)26(27,28)29/h2-3,7-12,19,24,31H,4-6,13-18H2,1H3/t19-,24-/m0/s1. The van der Waals surface area contributed by atoms with Gasteiger partial charge < -0.3 is 19.5 Å². The van der Waals surface area contributed by atoms with Gasteiger partial charge in [-0.25, -0.2) is 0 Å². The first-order valence-electron chi connectivity index (χ1n) is 11.7. The number of rotatable bonds is 8. The number of alkyl halides is 3. The van der Waals surface area contributed by atoms with E-state index in [1.165, 1.54) is 12.1 Å². The summed E-state index contributed by atoms with van der Waals surface area (Å²) in [6.07, 6.45) is 0.173. The summed E-state index contributed by atoms with van der Waals surface area (Å²) in [6, 6.07) is 12.8. The molecule has 4 nitrogen and oxygen atoms in total. The number of hydrogen-bond donors (Lipinski definition) is 1. The fourth-order valence-electron chi connectivity index (χ4n) is 5.22. The molecule has 1 saturated carbocycles. The van der Waals surface area contributed by atoms with Gasteiger partial charge in [0.2, 0.25) is 0 Å². The Balaban J connectivity index is 1.34.